The summed E-state index contributed by atoms with van der Waals surface area (Å²) in [5, 5.41) is 4.55. The lowest BCUT2D eigenvalue weighted by Crippen LogP contribution is -2.24. The Labute approximate surface area is 94.9 Å². The van der Waals surface area contributed by atoms with E-state index in [0.717, 1.165) is 11.3 Å². The fraction of sp³-hybridized carbons (Fsp3) is 0.583. The van der Waals surface area contributed by atoms with Gasteiger partial charge in [0.1, 0.15) is 0 Å². The summed E-state index contributed by atoms with van der Waals surface area (Å²) >= 11 is 2.01. The molecule has 2 fully saturated rings. The molecule has 0 amide bonds. The molecule has 3 rings (SSSR count). The molecule has 15 heavy (non-hydrogen) atoms. The predicted octanol–water partition coefficient (Wildman–Crippen LogP) is 2.03. The second-order valence-electron chi connectivity index (χ2n) is 4.49. The number of thioether (sulfide) groups is 1. The van der Waals surface area contributed by atoms with Crippen LogP contribution < -0.4 is 5.32 Å². The van der Waals surface area contributed by atoms with E-state index in [1.54, 1.807) is 0 Å². The smallest absolute Gasteiger partial charge is 0.0450 e. The second kappa shape index (κ2) is 3.80. The lowest BCUT2D eigenvalue weighted by molar-refractivity contribution is 0.505. The van der Waals surface area contributed by atoms with E-state index in [9.17, 15) is 0 Å². The first kappa shape index (κ1) is 9.67. The van der Waals surface area contributed by atoms with Crippen LogP contribution in [0.15, 0.2) is 24.4 Å². The number of aromatic nitrogens is 1. The van der Waals surface area contributed by atoms with E-state index in [2.05, 4.69) is 28.7 Å². The van der Waals surface area contributed by atoms with E-state index in [4.69, 9.17) is 0 Å². The molecule has 0 aliphatic carbocycles. The van der Waals surface area contributed by atoms with E-state index in [0.29, 0.717) is 12.0 Å². The van der Waals surface area contributed by atoms with Crippen LogP contribution in [0, 0.1) is 0 Å². The maximum atomic E-state index is 4.48. The minimum absolute atomic E-state index is 0.652. The molecule has 2 nitrogen and oxygen atoms in total. The SMILES string of the molecule is CSC1CC2NC1CC2c1ccccn1. The largest absolute Gasteiger partial charge is 0.309 e. The highest BCUT2D eigenvalue weighted by atomic mass is 32.2. The maximum absolute atomic E-state index is 4.48. The average molecular weight is 220 g/mol. The molecule has 0 spiro atoms. The summed E-state index contributed by atoms with van der Waals surface area (Å²) < 4.78 is 0. The summed E-state index contributed by atoms with van der Waals surface area (Å²) in [6.45, 7) is 0. The van der Waals surface area contributed by atoms with E-state index in [1.165, 1.54) is 18.5 Å². The van der Waals surface area contributed by atoms with Crippen LogP contribution in [0.25, 0.3) is 0 Å². The standard InChI is InChI=1S/C12H16N2S/c1-15-12-7-10-8(6-11(12)14-10)9-4-2-3-5-13-9/h2-5,8,10-12,14H,6-7H2,1H3. The Bertz CT molecular complexity index is 341. The quantitative estimate of drug-likeness (QED) is 0.825. The third kappa shape index (κ3) is 1.58. The molecule has 1 aromatic heterocycles. The Balaban J connectivity index is 1.78. The summed E-state index contributed by atoms with van der Waals surface area (Å²) in [4.78, 5) is 4.48. The van der Waals surface area contributed by atoms with Gasteiger partial charge in [0.15, 0.2) is 0 Å². The van der Waals surface area contributed by atoms with Crippen LogP contribution in [0.5, 0.6) is 0 Å². The Morgan fingerprint density at radius 1 is 1.33 bits per heavy atom. The first-order valence-electron chi connectivity index (χ1n) is 5.58. The van der Waals surface area contributed by atoms with Crippen LogP contribution >= 0.6 is 11.8 Å². The zero-order chi connectivity index (χ0) is 10.3. The monoisotopic (exact) mass is 220 g/mol. The summed E-state index contributed by atoms with van der Waals surface area (Å²) in [6, 6.07) is 7.65. The third-order valence-electron chi connectivity index (χ3n) is 3.73. The average Bonchev–Trinajstić information content (AvgIpc) is 2.89. The number of nitrogens with one attached hydrogen (secondary N) is 1. The third-order valence-corrected chi connectivity index (χ3v) is 4.85. The zero-order valence-electron chi connectivity index (χ0n) is 8.89. The van der Waals surface area contributed by atoms with Gasteiger partial charge in [-0.25, -0.2) is 0 Å². The van der Waals surface area contributed by atoms with Crippen molar-refractivity contribution in [2.75, 3.05) is 6.26 Å². The molecule has 2 aliphatic rings. The van der Waals surface area contributed by atoms with Gasteiger partial charge in [0.2, 0.25) is 0 Å². The van der Waals surface area contributed by atoms with Crippen molar-refractivity contribution < 1.29 is 0 Å². The summed E-state index contributed by atoms with van der Waals surface area (Å²) in [5.74, 6) is 0.652. The van der Waals surface area contributed by atoms with Crippen LogP contribution in [-0.4, -0.2) is 28.6 Å². The summed E-state index contributed by atoms with van der Waals surface area (Å²) in [5.41, 5.74) is 1.28. The van der Waals surface area contributed by atoms with Crippen molar-refractivity contribution in [3.05, 3.63) is 30.1 Å². The molecular weight excluding hydrogens is 204 g/mol. The van der Waals surface area contributed by atoms with Crippen molar-refractivity contribution >= 4 is 11.8 Å². The maximum Gasteiger partial charge on any atom is 0.0450 e. The van der Waals surface area contributed by atoms with Gasteiger partial charge >= 0.3 is 0 Å². The fourth-order valence-electron chi connectivity index (χ4n) is 2.99. The van der Waals surface area contributed by atoms with Crippen molar-refractivity contribution in [1.82, 2.24) is 10.3 Å². The van der Waals surface area contributed by atoms with Crippen molar-refractivity contribution in [3.8, 4) is 0 Å². The lowest BCUT2D eigenvalue weighted by Gasteiger charge is -2.24. The summed E-state index contributed by atoms with van der Waals surface area (Å²) in [7, 11) is 0. The molecular formula is C12H16N2S. The highest BCUT2D eigenvalue weighted by Crippen LogP contribution is 2.42. The first-order chi connectivity index (χ1) is 7.38. The van der Waals surface area contributed by atoms with Gasteiger partial charge in [-0.1, -0.05) is 6.07 Å². The molecule has 0 saturated carbocycles. The number of hydrogen-bond donors (Lipinski definition) is 1. The Kier molecular flexibility index (Phi) is 2.45. The molecule has 0 radical (unpaired) electrons. The van der Waals surface area contributed by atoms with E-state index >= 15 is 0 Å². The van der Waals surface area contributed by atoms with Crippen LogP contribution in [0.3, 0.4) is 0 Å². The minimum Gasteiger partial charge on any atom is -0.309 e. The van der Waals surface area contributed by atoms with Crippen molar-refractivity contribution in [2.24, 2.45) is 0 Å². The fourth-order valence-corrected chi connectivity index (χ4v) is 3.90. The Morgan fingerprint density at radius 3 is 2.87 bits per heavy atom. The van der Waals surface area contributed by atoms with Gasteiger partial charge in [0.05, 0.1) is 0 Å². The molecule has 80 valence electrons. The zero-order valence-corrected chi connectivity index (χ0v) is 9.70. The van der Waals surface area contributed by atoms with Gasteiger partial charge in [-0.15, -0.1) is 0 Å². The van der Waals surface area contributed by atoms with Gasteiger partial charge in [-0.3, -0.25) is 4.98 Å². The van der Waals surface area contributed by atoms with Crippen molar-refractivity contribution in [2.45, 2.75) is 36.1 Å². The molecule has 1 N–H and O–H groups in total. The van der Waals surface area contributed by atoms with Crippen LogP contribution in [0.4, 0.5) is 0 Å². The van der Waals surface area contributed by atoms with E-state index < -0.39 is 0 Å². The van der Waals surface area contributed by atoms with E-state index in [1.807, 2.05) is 24.0 Å². The van der Waals surface area contributed by atoms with Gasteiger partial charge in [0, 0.05) is 35.1 Å². The van der Waals surface area contributed by atoms with Gasteiger partial charge in [0.25, 0.3) is 0 Å². The van der Waals surface area contributed by atoms with Gasteiger partial charge < -0.3 is 5.32 Å². The van der Waals surface area contributed by atoms with Crippen LogP contribution in [0.2, 0.25) is 0 Å². The van der Waals surface area contributed by atoms with Gasteiger partial charge in [-0.05, 0) is 31.2 Å². The molecule has 2 saturated heterocycles. The number of fused-ring (bicyclic) bond motifs is 2. The highest BCUT2D eigenvalue weighted by molar-refractivity contribution is 7.99. The predicted molar refractivity (Wildman–Crippen MR) is 64.2 cm³/mol. The van der Waals surface area contributed by atoms with Crippen molar-refractivity contribution in [1.29, 1.82) is 0 Å². The Morgan fingerprint density at radius 2 is 2.27 bits per heavy atom. The molecule has 2 aliphatic heterocycles. The van der Waals surface area contributed by atoms with Crippen molar-refractivity contribution in [3.63, 3.8) is 0 Å². The highest BCUT2D eigenvalue weighted by Gasteiger charge is 2.45. The molecule has 0 aromatic carbocycles. The Hall–Kier alpha value is -0.540. The molecule has 3 heteroatoms. The first-order valence-corrected chi connectivity index (χ1v) is 6.87. The molecule has 4 atom stereocenters. The number of nitrogens with zero attached hydrogens (tertiary/aromatic N) is 1. The summed E-state index contributed by atoms with van der Waals surface area (Å²) in [6.07, 6.45) is 6.72. The second-order valence-corrected chi connectivity index (χ2v) is 5.56. The molecule has 3 heterocycles. The topological polar surface area (TPSA) is 24.9 Å². The minimum atomic E-state index is 0.652. The van der Waals surface area contributed by atoms with Gasteiger partial charge in [-0.2, -0.15) is 11.8 Å². The van der Waals surface area contributed by atoms with Crippen LogP contribution in [0.1, 0.15) is 24.5 Å². The molecule has 4 unspecified atom stereocenters. The number of rotatable bonds is 2. The molecule has 1 aromatic rings. The lowest BCUT2D eigenvalue weighted by atomic mass is 9.86. The number of pyridine rings is 1. The number of hydrogen-bond acceptors (Lipinski definition) is 3. The molecule has 2 bridgehead atoms. The van der Waals surface area contributed by atoms with Crippen LogP contribution in [-0.2, 0) is 0 Å². The van der Waals surface area contributed by atoms with E-state index in [-0.39, 0.29) is 0 Å². The normalized spacial score (nSPS) is 38.5.